The summed E-state index contributed by atoms with van der Waals surface area (Å²) >= 11 is 8.47. The zero-order valence-electron chi connectivity index (χ0n) is 16.0. The molecule has 10 nitrogen and oxygen atoms in total. The van der Waals surface area contributed by atoms with Gasteiger partial charge in [0.05, 0.1) is 24.8 Å². The van der Waals surface area contributed by atoms with Crippen LogP contribution in [0.5, 0.6) is 0 Å². The van der Waals surface area contributed by atoms with Crippen molar-refractivity contribution in [3.63, 3.8) is 0 Å². The highest BCUT2D eigenvalue weighted by Crippen LogP contribution is 2.39. The maximum absolute atomic E-state index is 10.7. The number of hydrogen-bond acceptors (Lipinski definition) is 8. The number of nitrogens with one attached hydrogen (secondary N) is 1. The predicted molar refractivity (Wildman–Crippen MR) is 122 cm³/mol. The Morgan fingerprint density at radius 1 is 1.13 bits per heavy atom. The number of rotatable bonds is 5. The van der Waals surface area contributed by atoms with Crippen LogP contribution in [0.1, 0.15) is 24.1 Å². The van der Waals surface area contributed by atoms with Crippen molar-refractivity contribution in [3.05, 3.63) is 57.4 Å². The van der Waals surface area contributed by atoms with Gasteiger partial charge in [-0.1, -0.05) is 12.1 Å². The zero-order valence-corrected chi connectivity index (χ0v) is 19.0. The van der Waals surface area contributed by atoms with Crippen LogP contribution in [0.15, 0.2) is 43.0 Å². The van der Waals surface area contributed by atoms with E-state index in [0.29, 0.717) is 29.9 Å². The lowest BCUT2D eigenvalue weighted by molar-refractivity contribution is 0.00501. The van der Waals surface area contributed by atoms with Crippen LogP contribution in [0.2, 0.25) is 5.28 Å². The van der Waals surface area contributed by atoms with E-state index >= 15 is 0 Å². The van der Waals surface area contributed by atoms with Crippen LogP contribution in [-0.4, -0.2) is 56.9 Å². The number of halogens is 2. The molecular weight excluding hydrogens is 535 g/mol. The summed E-state index contributed by atoms with van der Waals surface area (Å²) in [4.78, 5) is 14.5. The van der Waals surface area contributed by atoms with Crippen molar-refractivity contribution >= 4 is 51.2 Å². The summed E-state index contributed by atoms with van der Waals surface area (Å²) in [5.41, 5.74) is 2.12. The van der Waals surface area contributed by atoms with Crippen molar-refractivity contribution in [2.75, 3.05) is 5.32 Å². The van der Waals surface area contributed by atoms with Gasteiger partial charge in [0.2, 0.25) is 5.28 Å². The average molecular weight is 553 g/mol. The van der Waals surface area contributed by atoms with E-state index in [9.17, 15) is 10.2 Å². The lowest BCUT2D eigenvalue weighted by Gasteiger charge is -2.18. The minimum Gasteiger partial charge on any atom is -0.388 e. The second-order valence-corrected chi connectivity index (χ2v) is 8.93. The second kappa shape index (κ2) is 8.30. The van der Waals surface area contributed by atoms with Crippen LogP contribution >= 0.6 is 34.2 Å². The number of aromatic nitrogens is 7. The van der Waals surface area contributed by atoms with Crippen LogP contribution in [0.3, 0.4) is 0 Å². The van der Waals surface area contributed by atoms with Crippen LogP contribution in [0.4, 0.5) is 5.82 Å². The van der Waals surface area contributed by atoms with E-state index < -0.39 is 24.3 Å². The first-order chi connectivity index (χ1) is 15.0. The molecule has 1 aliphatic carbocycles. The molecule has 1 aliphatic rings. The number of aliphatic hydroxyl groups is 2. The molecule has 160 valence electrons. The van der Waals surface area contributed by atoms with Gasteiger partial charge < -0.3 is 20.1 Å². The van der Waals surface area contributed by atoms with E-state index in [1.807, 2.05) is 18.2 Å². The van der Waals surface area contributed by atoms with Crippen molar-refractivity contribution < 1.29 is 10.2 Å². The smallest absolute Gasteiger partial charge is 0.226 e. The summed E-state index contributed by atoms with van der Waals surface area (Å²) in [5, 5.41) is 32.8. The van der Waals surface area contributed by atoms with Gasteiger partial charge in [-0.2, -0.15) is 25.0 Å². The first-order valence-electron chi connectivity index (χ1n) is 9.61. The summed E-state index contributed by atoms with van der Waals surface area (Å²) in [6.07, 6.45) is 3.02. The molecule has 12 heteroatoms. The van der Waals surface area contributed by atoms with E-state index in [1.165, 1.54) is 17.2 Å². The van der Waals surface area contributed by atoms with Gasteiger partial charge in [-0.25, -0.2) is 4.98 Å². The van der Waals surface area contributed by atoms with Gasteiger partial charge in [0.15, 0.2) is 17.0 Å². The normalized spacial score (nSPS) is 23.5. The zero-order chi connectivity index (χ0) is 21.5. The van der Waals surface area contributed by atoms with Gasteiger partial charge >= 0.3 is 0 Å². The third-order valence-corrected chi connectivity index (χ3v) is 6.30. The minimum absolute atomic E-state index is 0.0673. The molecular formula is C19H18ClIN8O2. The van der Waals surface area contributed by atoms with Crippen molar-refractivity contribution in [1.82, 2.24) is 34.5 Å². The molecule has 5 rings (SSSR count). The highest BCUT2D eigenvalue weighted by molar-refractivity contribution is 14.1. The fourth-order valence-corrected chi connectivity index (χ4v) is 4.75. The number of anilines is 1. The molecule has 0 aliphatic heterocycles. The molecule has 1 fully saturated rings. The van der Waals surface area contributed by atoms with Gasteiger partial charge in [-0.3, -0.25) is 0 Å². The topological polar surface area (TPSA) is 127 Å². The Morgan fingerprint density at radius 3 is 2.68 bits per heavy atom. The van der Waals surface area contributed by atoms with Crippen molar-refractivity contribution in [2.24, 2.45) is 0 Å². The van der Waals surface area contributed by atoms with Gasteiger partial charge in [-0.05, 0) is 58.3 Å². The number of hydrogen-bond donors (Lipinski definition) is 3. The molecule has 1 aromatic carbocycles. The quantitative estimate of drug-likeness (QED) is 0.254. The Bertz CT molecular complexity index is 1220. The van der Waals surface area contributed by atoms with Crippen molar-refractivity contribution in [1.29, 1.82) is 0 Å². The number of nitrogens with zero attached hydrogens (tertiary/aromatic N) is 7. The highest BCUT2D eigenvalue weighted by Gasteiger charge is 2.45. The molecule has 1 saturated carbocycles. The summed E-state index contributed by atoms with van der Waals surface area (Å²) in [7, 11) is 0. The number of imidazole rings is 1. The maximum atomic E-state index is 10.7. The molecule has 0 amide bonds. The molecule has 31 heavy (non-hydrogen) atoms. The molecule has 0 bridgehead atoms. The summed E-state index contributed by atoms with van der Waals surface area (Å²) in [5.74, 6) is 0.505. The third-order valence-electron chi connectivity index (χ3n) is 5.46. The van der Waals surface area contributed by atoms with Crippen LogP contribution in [-0.2, 0) is 6.54 Å². The lowest BCUT2D eigenvalue weighted by Crippen LogP contribution is -2.31. The van der Waals surface area contributed by atoms with Crippen molar-refractivity contribution in [2.45, 2.75) is 37.3 Å². The molecule has 4 atom stereocenters. The van der Waals surface area contributed by atoms with Crippen LogP contribution in [0.25, 0.3) is 11.2 Å². The van der Waals surface area contributed by atoms with Gasteiger partial charge in [0.25, 0.3) is 0 Å². The molecule has 3 heterocycles. The van der Waals surface area contributed by atoms with Crippen LogP contribution in [0, 0.1) is 3.57 Å². The van der Waals surface area contributed by atoms with Crippen LogP contribution < -0.4 is 5.32 Å². The highest BCUT2D eigenvalue weighted by atomic mass is 127. The Labute approximate surface area is 195 Å². The van der Waals surface area contributed by atoms with E-state index in [2.05, 4.69) is 59.1 Å². The number of fused-ring (bicyclic) bond motifs is 1. The first-order valence-corrected chi connectivity index (χ1v) is 11.1. The fourth-order valence-electron chi connectivity index (χ4n) is 3.98. The molecule has 4 aromatic rings. The molecule has 3 N–H and O–H groups in total. The molecule has 0 radical (unpaired) electrons. The third kappa shape index (κ3) is 3.86. The van der Waals surface area contributed by atoms with Crippen molar-refractivity contribution in [3.8, 4) is 0 Å². The SMILES string of the molecule is O[C@@H]1[C@H](O)[C@@H](n2nccn2)C[C@H]1n1cnc2c(NCc3cccc(I)c3)nc(Cl)nc21. The van der Waals surface area contributed by atoms with Gasteiger partial charge in [-0.15, -0.1) is 0 Å². The minimum atomic E-state index is -1.04. The van der Waals surface area contributed by atoms with E-state index in [4.69, 9.17) is 11.6 Å². The maximum Gasteiger partial charge on any atom is 0.226 e. The second-order valence-electron chi connectivity index (χ2n) is 7.35. The number of aliphatic hydroxyl groups excluding tert-OH is 2. The molecule has 0 unspecified atom stereocenters. The monoisotopic (exact) mass is 552 g/mol. The molecule has 3 aromatic heterocycles. The van der Waals surface area contributed by atoms with E-state index in [0.717, 1.165) is 9.13 Å². The Balaban J connectivity index is 1.46. The Hall–Kier alpha value is -2.35. The largest absolute Gasteiger partial charge is 0.388 e. The predicted octanol–water partition coefficient (Wildman–Crippen LogP) is 2.20. The first kappa shape index (κ1) is 20.5. The lowest BCUT2D eigenvalue weighted by atomic mass is 10.2. The summed E-state index contributed by atoms with van der Waals surface area (Å²) < 4.78 is 2.87. The Morgan fingerprint density at radius 2 is 1.90 bits per heavy atom. The van der Waals surface area contributed by atoms with Gasteiger partial charge in [0.1, 0.15) is 18.2 Å². The summed E-state index contributed by atoms with van der Waals surface area (Å²) in [6.45, 7) is 0.546. The standard InChI is InChI=1S/C19H18ClIN8O2/c20-19-26-17(22-8-10-2-1-3-11(21)6-10)14-18(27-19)28(9-23-14)12-7-13(16(31)15(12)30)29-24-4-5-25-29/h1-6,9,12-13,15-16,30-31H,7-8H2,(H,22,26,27)/t12-,13+,15+,16-/m1/s1. The number of benzene rings is 1. The average Bonchev–Trinajstić information content (AvgIpc) is 3.47. The Kier molecular flexibility index (Phi) is 5.50. The molecule has 0 spiro atoms. The van der Waals surface area contributed by atoms with E-state index in [-0.39, 0.29) is 5.28 Å². The molecule has 0 saturated heterocycles. The van der Waals surface area contributed by atoms with E-state index in [1.54, 1.807) is 10.9 Å². The fraction of sp³-hybridized carbons (Fsp3) is 0.316. The van der Waals surface area contributed by atoms with Gasteiger partial charge in [0, 0.05) is 10.1 Å². The summed E-state index contributed by atoms with van der Waals surface area (Å²) in [6, 6.07) is 7.19.